The molecule has 0 spiro atoms. The number of Topliss-reactive ketones (excluding diaryl/α,β-unsaturated/α-hetero) is 1. The lowest BCUT2D eigenvalue weighted by atomic mass is 9.97. The second-order valence-electron chi connectivity index (χ2n) is 3.69. The highest BCUT2D eigenvalue weighted by molar-refractivity contribution is 8.10. The Labute approximate surface area is 99.6 Å². The summed E-state index contributed by atoms with van der Waals surface area (Å²) >= 11 is 1.58. The Bertz CT molecular complexity index is 524. The van der Waals surface area contributed by atoms with Crippen LogP contribution in [0.15, 0.2) is 42.8 Å². The van der Waals surface area contributed by atoms with E-state index in [9.17, 15) is 4.79 Å². The van der Waals surface area contributed by atoms with E-state index in [2.05, 4.69) is 13.2 Å². The first-order valence-electron chi connectivity index (χ1n) is 4.96. The summed E-state index contributed by atoms with van der Waals surface area (Å²) < 4.78 is 0. The average Bonchev–Trinajstić information content (AvgIpc) is 2.40. The van der Waals surface area contributed by atoms with Gasteiger partial charge in [-0.2, -0.15) is 0 Å². The van der Waals surface area contributed by atoms with Crippen LogP contribution < -0.4 is 0 Å². The van der Waals surface area contributed by atoms with Crippen molar-refractivity contribution in [2.75, 3.05) is 0 Å². The van der Waals surface area contributed by atoms with Crippen LogP contribution in [0.1, 0.15) is 28.4 Å². The third kappa shape index (κ3) is 1.89. The quantitative estimate of drug-likeness (QED) is 0.672. The van der Waals surface area contributed by atoms with Gasteiger partial charge in [-0.25, -0.2) is 0 Å². The number of carbonyl (C=O) groups excluding carboxylic acids is 1. The molecule has 0 saturated carbocycles. The van der Waals surface area contributed by atoms with Gasteiger partial charge >= 0.3 is 0 Å². The molecule has 2 heteroatoms. The van der Waals surface area contributed by atoms with Crippen molar-refractivity contribution in [1.82, 2.24) is 0 Å². The highest BCUT2D eigenvalue weighted by atomic mass is 32.2. The number of rotatable bonds is 1. The van der Waals surface area contributed by atoms with Crippen molar-refractivity contribution in [3.05, 3.63) is 59.5 Å². The molecule has 1 aromatic rings. The van der Waals surface area contributed by atoms with Crippen LogP contribution in [-0.2, 0) is 0 Å². The Hall–Kier alpha value is -1.54. The first kappa shape index (κ1) is 11.0. The van der Waals surface area contributed by atoms with Gasteiger partial charge in [0.1, 0.15) is 0 Å². The maximum atomic E-state index is 11.3. The zero-order chi connectivity index (χ0) is 11.7. The average molecular weight is 228 g/mol. The maximum Gasteiger partial charge on any atom is 0.159 e. The highest BCUT2D eigenvalue weighted by Crippen LogP contribution is 2.36. The topological polar surface area (TPSA) is 17.1 Å². The lowest BCUT2D eigenvalue weighted by Gasteiger charge is -2.09. The fourth-order valence-corrected chi connectivity index (χ4v) is 2.33. The smallest absolute Gasteiger partial charge is 0.159 e. The van der Waals surface area contributed by atoms with Crippen LogP contribution in [0.2, 0.25) is 0 Å². The minimum Gasteiger partial charge on any atom is -0.295 e. The number of carbonyl (C=O) groups is 1. The van der Waals surface area contributed by atoms with Crippen LogP contribution in [0.5, 0.6) is 0 Å². The van der Waals surface area contributed by atoms with Gasteiger partial charge in [0.15, 0.2) is 5.78 Å². The van der Waals surface area contributed by atoms with Crippen molar-refractivity contribution in [1.29, 1.82) is 0 Å². The van der Waals surface area contributed by atoms with Gasteiger partial charge in [-0.3, -0.25) is 4.79 Å². The standard InChI is InChI=1S/C14H12OS/c1-9-6-7-16-11(3)13-5-4-12(10(2)15)8-14(9)13/h4-8H,1,3H2,2H3. The van der Waals surface area contributed by atoms with E-state index in [-0.39, 0.29) is 5.78 Å². The molecule has 0 amide bonds. The molecule has 2 rings (SSSR count). The highest BCUT2D eigenvalue weighted by Gasteiger charge is 2.12. The van der Waals surface area contributed by atoms with Gasteiger partial charge in [-0.05, 0) is 41.2 Å². The molecule has 1 aliphatic rings. The predicted molar refractivity (Wildman–Crippen MR) is 71.2 cm³/mol. The predicted octanol–water partition coefficient (Wildman–Crippen LogP) is 4.13. The molecule has 1 aliphatic heterocycles. The van der Waals surface area contributed by atoms with Crippen molar-refractivity contribution in [3.63, 3.8) is 0 Å². The van der Waals surface area contributed by atoms with E-state index in [0.29, 0.717) is 5.56 Å². The van der Waals surface area contributed by atoms with Crippen LogP contribution >= 0.6 is 11.8 Å². The molecule has 80 valence electrons. The Morgan fingerprint density at radius 1 is 1.25 bits per heavy atom. The minimum atomic E-state index is 0.0714. The van der Waals surface area contributed by atoms with Crippen LogP contribution in [0.3, 0.4) is 0 Å². The third-order valence-electron chi connectivity index (χ3n) is 2.55. The number of hydrogen-bond acceptors (Lipinski definition) is 2. The van der Waals surface area contributed by atoms with Gasteiger partial charge in [-0.1, -0.05) is 37.1 Å². The molecule has 1 heterocycles. The molecule has 0 aromatic heterocycles. The van der Waals surface area contributed by atoms with E-state index < -0.39 is 0 Å². The van der Waals surface area contributed by atoms with Crippen molar-refractivity contribution in [2.45, 2.75) is 6.92 Å². The van der Waals surface area contributed by atoms with Crippen molar-refractivity contribution in [3.8, 4) is 0 Å². The molecule has 1 nitrogen and oxygen atoms in total. The zero-order valence-corrected chi connectivity index (χ0v) is 9.93. The Balaban J connectivity index is 2.63. The largest absolute Gasteiger partial charge is 0.295 e. The molecule has 0 unspecified atom stereocenters. The summed E-state index contributed by atoms with van der Waals surface area (Å²) in [5.74, 6) is 0.0714. The maximum absolute atomic E-state index is 11.3. The van der Waals surface area contributed by atoms with Gasteiger partial charge in [0.25, 0.3) is 0 Å². The number of allylic oxidation sites excluding steroid dienone is 2. The van der Waals surface area contributed by atoms with Crippen LogP contribution in [0.4, 0.5) is 0 Å². The zero-order valence-electron chi connectivity index (χ0n) is 9.12. The molecular weight excluding hydrogens is 216 g/mol. The lowest BCUT2D eigenvalue weighted by molar-refractivity contribution is 0.101. The number of hydrogen-bond donors (Lipinski definition) is 0. The summed E-state index contributed by atoms with van der Waals surface area (Å²) in [5.41, 5.74) is 3.70. The molecule has 1 aromatic carbocycles. The molecule has 0 N–H and O–H groups in total. The number of thioether (sulfide) groups is 1. The van der Waals surface area contributed by atoms with E-state index in [1.165, 1.54) is 0 Å². The van der Waals surface area contributed by atoms with Crippen molar-refractivity contribution >= 4 is 28.0 Å². The minimum absolute atomic E-state index is 0.0714. The summed E-state index contributed by atoms with van der Waals surface area (Å²) in [4.78, 5) is 12.3. The van der Waals surface area contributed by atoms with E-state index in [0.717, 1.165) is 21.6 Å². The summed E-state index contributed by atoms with van der Waals surface area (Å²) in [5, 5.41) is 1.97. The second kappa shape index (κ2) is 4.14. The SMILES string of the molecule is C=C1C=CSC(=C)c2ccc(C(C)=O)cc21. The van der Waals surface area contributed by atoms with Crippen molar-refractivity contribution in [2.24, 2.45) is 0 Å². The van der Waals surface area contributed by atoms with Crippen LogP contribution in [0, 0.1) is 0 Å². The molecule has 0 aliphatic carbocycles. The molecular formula is C14H12OS. The number of benzene rings is 1. The van der Waals surface area contributed by atoms with E-state index in [4.69, 9.17) is 0 Å². The van der Waals surface area contributed by atoms with Crippen molar-refractivity contribution < 1.29 is 4.79 Å². The first-order valence-corrected chi connectivity index (χ1v) is 5.84. The van der Waals surface area contributed by atoms with Gasteiger partial charge in [0, 0.05) is 10.5 Å². The van der Waals surface area contributed by atoms with E-state index in [1.807, 2.05) is 29.7 Å². The Morgan fingerprint density at radius 3 is 2.69 bits per heavy atom. The number of ketones is 1. The van der Waals surface area contributed by atoms with Gasteiger partial charge in [-0.15, -0.1) is 0 Å². The molecule has 0 atom stereocenters. The summed E-state index contributed by atoms with van der Waals surface area (Å²) in [6, 6.07) is 5.67. The fraction of sp³-hybridized carbons (Fsp3) is 0.0714. The van der Waals surface area contributed by atoms with E-state index in [1.54, 1.807) is 18.7 Å². The second-order valence-corrected chi connectivity index (χ2v) is 4.69. The Kier molecular flexibility index (Phi) is 2.84. The normalized spacial score (nSPS) is 14.6. The summed E-state index contributed by atoms with van der Waals surface area (Å²) in [6.07, 6.45) is 1.95. The first-order chi connectivity index (χ1) is 7.59. The van der Waals surface area contributed by atoms with E-state index >= 15 is 0 Å². The summed E-state index contributed by atoms with van der Waals surface area (Å²) in [6.45, 7) is 9.58. The van der Waals surface area contributed by atoms with Gasteiger partial charge in [0.05, 0.1) is 0 Å². The fourth-order valence-electron chi connectivity index (χ4n) is 1.62. The van der Waals surface area contributed by atoms with Gasteiger partial charge in [0.2, 0.25) is 0 Å². The monoisotopic (exact) mass is 228 g/mol. The number of fused-ring (bicyclic) bond motifs is 1. The molecule has 16 heavy (non-hydrogen) atoms. The molecule has 0 fully saturated rings. The Morgan fingerprint density at radius 2 is 2.00 bits per heavy atom. The molecule has 0 saturated heterocycles. The van der Waals surface area contributed by atoms with Crippen LogP contribution in [0.25, 0.3) is 10.5 Å². The van der Waals surface area contributed by atoms with Gasteiger partial charge < -0.3 is 0 Å². The molecule has 0 radical (unpaired) electrons. The van der Waals surface area contributed by atoms with Crippen LogP contribution in [-0.4, -0.2) is 5.78 Å². The lowest BCUT2D eigenvalue weighted by Crippen LogP contribution is -1.96. The summed E-state index contributed by atoms with van der Waals surface area (Å²) in [7, 11) is 0. The molecule has 0 bridgehead atoms. The third-order valence-corrected chi connectivity index (χ3v) is 3.33.